The summed E-state index contributed by atoms with van der Waals surface area (Å²) in [6.45, 7) is 4.67. The molecule has 2 fully saturated rings. The SMILES string of the molecule is CCSCCCN1C(=O)C(C2CC2)NC(=O)C1C. The van der Waals surface area contributed by atoms with Crippen LogP contribution in [0.2, 0.25) is 0 Å². The molecule has 2 aliphatic rings. The Balaban J connectivity index is 1.91. The van der Waals surface area contributed by atoms with E-state index in [0.29, 0.717) is 12.5 Å². The molecule has 1 saturated carbocycles. The van der Waals surface area contributed by atoms with Gasteiger partial charge in [0.1, 0.15) is 12.1 Å². The predicted octanol–water partition coefficient (Wildman–Crippen LogP) is 1.26. The largest absolute Gasteiger partial charge is 0.342 e. The number of rotatable bonds is 6. The van der Waals surface area contributed by atoms with Gasteiger partial charge in [-0.1, -0.05) is 6.92 Å². The van der Waals surface area contributed by atoms with Gasteiger partial charge in [0.25, 0.3) is 0 Å². The van der Waals surface area contributed by atoms with Crippen LogP contribution >= 0.6 is 11.8 Å². The van der Waals surface area contributed by atoms with Gasteiger partial charge >= 0.3 is 0 Å². The molecule has 2 atom stereocenters. The molecule has 0 spiro atoms. The van der Waals surface area contributed by atoms with E-state index in [-0.39, 0.29) is 23.9 Å². The van der Waals surface area contributed by atoms with Crippen molar-refractivity contribution in [1.29, 1.82) is 0 Å². The highest BCUT2D eigenvalue weighted by Crippen LogP contribution is 2.35. The maximum atomic E-state index is 12.3. The molecule has 0 aromatic rings. The molecule has 2 unspecified atom stereocenters. The van der Waals surface area contributed by atoms with Crippen LogP contribution in [0.15, 0.2) is 0 Å². The lowest BCUT2D eigenvalue weighted by Crippen LogP contribution is -2.63. The molecule has 0 bridgehead atoms. The van der Waals surface area contributed by atoms with E-state index in [1.807, 2.05) is 18.7 Å². The zero-order valence-corrected chi connectivity index (χ0v) is 12.0. The summed E-state index contributed by atoms with van der Waals surface area (Å²) in [6.07, 6.45) is 3.12. The molecule has 2 amide bonds. The van der Waals surface area contributed by atoms with Gasteiger partial charge in [0.05, 0.1) is 0 Å². The minimum absolute atomic E-state index is 0.00893. The van der Waals surface area contributed by atoms with Crippen LogP contribution in [-0.2, 0) is 9.59 Å². The minimum Gasteiger partial charge on any atom is -0.342 e. The Kier molecular flexibility index (Phi) is 4.54. The molecular weight excluding hydrogens is 248 g/mol. The highest BCUT2D eigenvalue weighted by molar-refractivity contribution is 7.99. The fraction of sp³-hybridized carbons (Fsp3) is 0.846. The lowest BCUT2D eigenvalue weighted by Gasteiger charge is -2.37. The average Bonchev–Trinajstić information content (AvgIpc) is 3.17. The standard InChI is InChI=1S/C13H22N2O2S/c1-3-18-8-4-7-15-9(2)12(16)14-11(13(15)17)10-5-6-10/h9-11H,3-8H2,1-2H3,(H,14,16). The highest BCUT2D eigenvalue weighted by atomic mass is 32.2. The molecular formula is C13H22N2O2S. The minimum atomic E-state index is -0.306. The first-order valence-electron chi connectivity index (χ1n) is 6.83. The monoisotopic (exact) mass is 270 g/mol. The molecule has 18 heavy (non-hydrogen) atoms. The normalized spacial score (nSPS) is 28.4. The average molecular weight is 270 g/mol. The molecule has 1 heterocycles. The van der Waals surface area contributed by atoms with Gasteiger partial charge < -0.3 is 10.2 Å². The summed E-state index contributed by atoms with van der Waals surface area (Å²) in [4.78, 5) is 26.0. The Labute approximate surface area is 113 Å². The first-order valence-corrected chi connectivity index (χ1v) is 7.99. The molecule has 0 aromatic carbocycles. The van der Waals surface area contributed by atoms with E-state index in [4.69, 9.17) is 0 Å². The molecule has 0 aromatic heterocycles. The van der Waals surface area contributed by atoms with Crippen molar-refractivity contribution in [2.45, 2.75) is 45.2 Å². The van der Waals surface area contributed by atoms with Crippen LogP contribution in [0.4, 0.5) is 0 Å². The number of thioether (sulfide) groups is 1. The molecule has 0 radical (unpaired) electrons. The van der Waals surface area contributed by atoms with Crippen molar-refractivity contribution in [3.05, 3.63) is 0 Å². The third-order valence-electron chi connectivity index (χ3n) is 3.68. The molecule has 4 nitrogen and oxygen atoms in total. The van der Waals surface area contributed by atoms with Gasteiger partial charge in [0, 0.05) is 6.54 Å². The summed E-state index contributed by atoms with van der Waals surface area (Å²) in [6, 6.07) is -0.549. The number of nitrogens with zero attached hydrogens (tertiary/aromatic N) is 1. The number of hydrogen-bond donors (Lipinski definition) is 1. The molecule has 1 aliphatic carbocycles. The van der Waals surface area contributed by atoms with E-state index >= 15 is 0 Å². The van der Waals surface area contributed by atoms with Crippen LogP contribution < -0.4 is 5.32 Å². The van der Waals surface area contributed by atoms with Crippen LogP contribution in [0.5, 0.6) is 0 Å². The number of nitrogens with one attached hydrogen (secondary N) is 1. The van der Waals surface area contributed by atoms with Gasteiger partial charge in [0.15, 0.2) is 0 Å². The summed E-state index contributed by atoms with van der Waals surface area (Å²) in [5.41, 5.74) is 0. The zero-order valence-electron chi connectivity index (χ0n) is 11.1. The van der Waals surface area contributed by atoms with Crippen molar-refractivity contribution in [3.8, 4) is 0 Å². The quantitative estimate of drug-likeness (QED) is 0.739. The van der Waals surface area contributed by atoms with Crippen LogP contribution in [0.1, 0.15) is 33.1 Å². The Morgan fingerprint density at radius 1 is 1.39 bits per heavy atom. The summed E-state index contributed by atoms with van der Waals surface area (Å²) >= 11 is 1.88. The van der Waals surface area contributed by atoms with E-state index in [0.717, 1.165) is 30.8 Å². The summed E-state index contributed by atoms with van der Waals surface area (Å²) in [5.74, 6) is 2.69. The van der Waals surface area contributed by atoms with Gasteiger partial charge in [0.2, 0.25) is 11.8 Å². The number of amides is 2. The van der Waals surface area contributed by atoms with Crippen LogP contribution in [0.3, 0.4) is 0 Å². The maximum Gasteiger partial charge on any atom is 0.246 e. The lowest BCUT2D eigenvalue weighted by molar-refractivity contribution is -0.149. The summed E-state index contributed by atoms with van der Waals surface area (Å²) in [5, 5.41) is 2.87. The Hall–Kier alpha value is -0.710. The van der Waals surface area contributed by atoms with Crippen molar-refractivity contribution in [3.63, 3.8) is 0 Å². The molecule has 1 aliphatic heterocycles. The lowest BCUT2D eigenvalue weighted by atomic mass is 10.0. The van der Waals surface area contributed by atoms with Gasteiger partial charge in [-0.15, -0.1) is 0 Å². The van der Waals surface area contributed by atoms with Gasteiger partial charge in [-0.25, -0.2) is 0 Å². The Bertz CT molecular complexity index is 331. The summed E-state index contributed by atoms with van der Waals surface area (Å²) in [7, 11) is 0. The van der Waals surface area contributed by atoms with Gasteiger partial charge in [-0.2, -0.15) is 11.8 Å². The zero-order chi connectivity index (χ0) is 13.1. The third-order valence-corrected chi connectivity index (χ3v) is 4.66. The number of carbonyl (C=O) groups excluding carboxylic acids is 2. The smallest absolute Gasteiger partial charge is 0.246 e. The van der Waals surface area contributed by atoms with Crippen LogP contribution in [-0.4, -0.2) is 46.8 Å². The van der Waals surface area contributed by atoms with Crippen molar-refractivity contribution in [2.24, 2.45) is 5.92 Å². The van der Waals surface area contributed by atoms with E-state index < -0.39 is 0 Å². The highest BCUT2D eigenvalue weighted by Gasteiger charge is 2.45. The number of carbonyl (C=O) groups is 2. The second-order valence-electron chi connectivity index (χ2n) is 5.08. The van der Waals surface area contributed by atoms with Crippen LogP contribution in [0, 0.1) is 5.92 Å². The van der Waals surface area contributed by atoms with E-state index in [1.165, 1.54) is 0 Å². The van der Waals surface area contributed by atoms with Gasteiger partial charge in [-0.05, 0) is 43.6 Å². The second-order valence-corrected chi connectivity index (χ2v) is 6.48. The topological polar surface area (TPSA) is 49.4 Å². The Morgan fingerprint density at radius 2 is 2.11 bits per heavy atom. The van der Waals surface area contributed by atoms with Crippen molar-refractivity contribution < 1.29 is 9.59 Å². The molecule has 1 saturated heterocycles. The molecule has 1 N–H and O–H groups in total. The first kappa shape index (κ1) is 13.7. The molecule has 102 valence electrons. The van der Waals surface area contributed by atoms with Crippen molar-refractivity contribution >= 4 is 23.6 Å². The van der Waals surface area contributed by atoms with E-state index in [1.54, 1.807) is 4.90 Å². The number of piperazine rings is 1. The van der Waals surface area contributed by atoms with Gasteiger partial charge in [-0.3, -0.25) is 9.59 Å². The predicted molar refractivity (Wildman–Crippen MR) is 73.4 cm³/mol. The Morgan fingerprint density at radius 3 is 2.72 bits per heavy atom. The van der Waals surface area contributed by atoms with E-state index in [2.05, 4.69) is 12.2 Å². The summed E-state index contributed by atoms with van der Waals surface area (Å²) < 4.78 is 0. The third kappa shape index (κ3) is 2.99. The molecule has 2 rings (SSSR count). The second kappa shape index (κ2) is 5.95. The van der Waals surface area contributed by atoms with Crippen LogP contribution in [0.25, 0.3) is 0 Å². The first-order chi connectivity index (χ1) is 8.65. The maximum absolute atomic E-state index is 12.3. The fourth-order valence-corrected chi connectivity index (χ4v) is 3.00. The van der Waals surface area contributed by atoms with Crippen molar-refractivity contribution in [2.75, 3.05) is 18.1 Å². The number of hydrogen-bond acceptors (Lipinski definition) is 3. The molecule has 5 heteroatoms. The van der Waals surface area contributed by atoms with Crippen molar-refractivity contribution in [1.82, 2.24) is 10.2 Å². The van der Waals surface area contributed by atoms with E-state index in [9.17, 15) is 9.59 Å². The fourth-order valence-electron chi connectivity index (χ4n) is 2.38.